The van der Waals surface area contributed by atoms with E-state index in [4.69, 9.17) is 11.6 Å². The van der Waals surface area contributed by atoms with Crippen LogP contribution < -0.4 is 5.32 Å². The Hall–Kier alpha value is -2.27. The molecule has 0 bridgehead atoms. The molecule has 0 aliphatic carbocycles. The van der Waals surface area contributed by atoms with Crippen LogP contribution in [0, 0.1) is 5.92 Å². The zero-order valence-corrected chi connectivity index (χ0v) is 14.8. The molecule has 3 rings (SSSR count). The Kier molecular flexibility index (Phi) is 5.13. The second kappa shape index (κ2) is 7.31. The highest BCUT2D eigenvalue weighted by atomic mass is 35.5. The molecule has 2 amide bonds. The summed E-state index contributed by atoms with van der Waals surface area (Å²) in [4.78, 5) is 25.3. The molecule has 2 aromatic carbocycles. The number of carboxylic acids is 1. The van der Waals surface area contributed by atoms with Crippen LogP contribution in [0.1, 0.15) is 31.4 Å². The molecular formula is C19H21ClN2O3. The van der Waals surface area contributed by atoms with E-state index in [1.54, 1.807) is 4.90 Å². The zero-order chi connectivity index (χ0) is 18.0. The summed E-state index contributed by atoms with van der Waals surface area (Å²) in [6.45, 7) is 2.77. The van der Waals surface area contributed by atoms with Gasteiger partial charge in [-0.2, -0.15) is 0 Å². The highest BCUT2D eigenvalue weighted by Crippen LogP contribution is 2.30. The number of carboxylic acid groups (broad SMARTS) is 1. The van der Waals surface area contributed by atoms with Crippen LogP contribution in [-0.2, 0) is 4.79 Å². The first-order valence-corrected chi connectivity index (χ1v) is 8.80. The average molecular weight is 361 g/mol. The predicted octanol–water partition coefficient (Wildman–Crippen LogP) is 4.06. The number of halogens is 1. The summed E-state index contributed by atoms with van der Waals surface area (Å²) in [5.74, 6) is -1.32. The molecule has 5 nitrogen and oxygen atoms in total. The lowest BCUT2D eigenvalue weighted by Crippen LogP contribution is -2.47. The Balaban J connectivity index is 1.76. The molecular weight excluding hydrogens is 340 g/mol. The topological polar surface area (TPSA) is 69.6 Å². The van der Waals surface area contributed by atoms with E-state index >= 15 is 0 Å². The van der Waals surface area contributed by atoms with Crippen LogP contribution in [0.25, 0.3) is 10.8 Å². The van der Waals surface area contributed by atoms with Crippen molar-refractivity contribution >= 4 is 34.4 Å². The molecule has 0 radical (unpaired) electrons. The van der Waals surface area contributed by atoms with Gasteiger partial charge in [0.2, 0.25) is 0 Å². The van der Waals surface area contributed by atoms with Crippen LogP contribution in [0.5, 0.6) is 0 Å². The van der Waals surface area contributed by atoms with Gasteiger partial charge in [0.05, 0.1) is 12.0 Å². The number of nitrogens with one attached hydrogen (secondary N) is 1. The second-order valence-corrected chi connectivity index (χ2v) is 6.88. The number of hydrogen-bond donors (Lipinski definition) is 2. The first kappa shape index (κ1) is 17.5. The Labute approximate surface area is 151 Å². The fourth-order valence-electron chi connectivity index (χ4n) is 3.38. The molecule has 2 N–H and O–H groups in total. The molecule has 1 saturated heterocycles. The van der Waals surface area contributed by atoms with Crippen LogP contribution in [0.2, 0.25) is 5.02 Å². The molecule has 0 saturated carbocycles. The molecule has 2 aromatic rings. The number of nitrogens with zero attached hydrogens (tertiary/aromatic N) is 1. The maximum atomic E-state index is 12.5. The van der Waals surface area contributed by atoms with E-state index in [1.165, 1.54) is 0 Å². The third kappa shape index (κ3) is 3.71. The number of rotatable bonds is 3. The molecule has 1 aliphatic rings. The minimum Gasteiger partial charge on any atom is -0.481 e. The number of aliphatic carboxylic acids is 1. The molecule has 0 aromatic heterocycles. The van der Waals surface area contributed by atoms with Gasteiger partial charge in [0.25, 0.3) is 0 Å². The summed E-state index contributed by atoms with van der Waals surface area (Å²) in [5.41, 5.74) is 0.986. The van der Waals surface area contributed by atoms with Gasteiger partial charge in [0.15, 0.2) is 0 Å². The minimum atomic E-state index is -0.839. The number of urea groups is 1. The van der Waals surface area contributed by atoms with E-state index in [-0.39, 0.29) is 18.6 Å². The van der Waals surface area contributed by atoms with Gasteiger partial charge in [0.1, 0.15) is 0 Å². The Morgan fingerprint density at radius 1 is 1.24 bits per heavy atom. The smallest absolute Gasteiger partial charge is 0.317 e. The van der Waals surface area contributed by atoms with Crippen molar-refractivity contribution in [2.75, 3.05) is 13.1 Å². The highest BCUT2D eigenvalue weighted by Gasteiger charge is 2.28. The monoisotopic (exact) mass is 360 g/mol. The normalized spacial score (nSPS) is 18.8. The van der Waals surface area contributed by atoms with E-state index in [2.05, 4.69) is 5.32 Å². The first-order valence-electron chi connectivity index (χ1n) is 8.42. The SMILES string of the molecule is CC(NC(=O)N1CCCC(C(=O)O)C1)c1ccc(Cl)c2ccccc12. The van der Waals surface area contributed by atoms with Crippen molar-refractivity contribution in [2.45, 2.75) is 25.8 Å². The fraction of sp³-hybridized carbons (Fsp3) is 0.368. The van der Waals surface area contributed by atoms with Crippen molar-refractivity contribution < 1.29 is 14.7 Å². The van der Waals surface area contributed by atoms with Crippen LogP contribution >= 0.6 is 11.6 Å². The van der Waals surface area contributed by atoms with Crippen LogP contribution in [-0.4, -0.2) is 35.1 Å². The Bertz CT molecular complexity index is 808. The molecule has 132 valence electrons. The molecule has 1 heterocycles. The van der Waals surface area contributed by atoms with Gasteiger partial charge in [-0.15, -0.1) is 0 Å². The molecule has 1 aliphatic heterocycles. The average Bonchev–Trinajstić information content (AvgIpc) is 2.62. The fourth-order valence-corrected chi connectivity index (χ4v) is 3.61. The van der Waals surface area contributed by atoms with Gasteiger partial charge < -0.3 is 15.3 Å². The number of benzene rings is 2. The second-order valence-electron chi connectivity index (χ2n) is 6.48. The van der Waals surface area contributed by atoms with Crippen LogP contribution in [0.3, 0.4) is 0 Å². The van der Waals surface area contributed by atoms with Gasteiger partial charge in [-0.3, -0.25) is 4.79 Å². The predicted molar refractivity (Wildman–Crippen MR) is 97.8 cm³/mol. The first-order chi connectivity index (χ1) is 12.0. The molecule has 1 fully saturated rings. The summed E-state index contributed by atoms with van der Waals surface area (Å²) in [5, 5.41) is 14.8. The van der Waals surface area contributed by atoms with Gasteiger partial charge in [-0.05, 0) is 36.8 Å². The Morgan fingerprint density at radius 2 is 1.96 bits per heavy atom. The summed E-state index contributed by atoms with van der Waals surface area (Å²) in [6.07, 6.45) is 1.33. The number of piperidine rings is 1. The highest BCUT2D eigenvalue weighted by molar-refractivity contribution is 6.35. The van der Waals surface area contributed by atoms with Crippen LogP contribution in [0.15, 0.2) is 36.4 Å². The lowest BCUT2D eigenvalue weighted by atomic mass is 9.98. The van der Waals surface area contributed by atoms with Gasteiger partial charge in [0, 0.05) is 23.5 Å². The van der Waals surface area contributed by atoms with Crippen LogP contribution in [0.4, 0.5) is 4.79 Å². The van der Waals surface area contributed by atoms with Crippen molar-refractivity contribution in [2.24, 2.45) is 5.92 Å². The van der Waals surface area contributed by atoms with Crippen molar-refractivity contribution in [1.82, 2.24) is 10.2 Å². The molecule has 2 unspecified atom stereocenters. The number of amides is 2. The van der Waals surface area contributed by atoms with Gasteiger partial charge >= 0.3 is 12.0 Å². The summed E-state index contributed by atoms with van der Waals surface area (Å²) in [7, 11) is 0. The van der Waals surface area contributed by atoms with Gasteiger partial charge in [-0.25, -0.2) is 4.79 Å². The molecule has 6 heteroatoms. The van der Waals surface area contributed by atoms with E-state index in [9.17, 15) is 14.7 Å². The van der Waals surface area contributed by atoms with E-state index in [1.807, 2.05) is 43.3 Å². The van der Waals surface area contributed by atoms with E-state index < -0.39 is 11.9 Å². The molecule has 2 atom stereocenters. The quantitative estimate of drug-likeness (QED) is 0.867. The maximum Gasteiger partial charge on any atom is 0.317 e. The largest absolute Gasteiger partial charge is 0.481 e. The number of carbonyl (C=O) groups is 2. The van der Waals surface area contributed by atoms with Crippen molar-refractivity contribution in [3.63, 3.8) is 0 Å². The zero-order valence-electron chi connectivity index (χ0n) is 14.0. The third-order valence-corrected chi connectivity index (χ3v) is 5.10. The standard InChI is InChI=1S/C19H21ClN2O3/c1-12(14-8-9-17(20)16-7-3-2-6-15(14)16)21-19(25)22-10-4-5-13(11-22)18(23)24/h2-3,6-9,12-13H,4-5,10-11H2,1H3,(H,21,25)(H,23,24). The lowest BCUT2D eigenvalue weighted by Gasteiger charge is -2.32. The summed E-state index contributed by atoms with van der Waals surface area (Å²) < 4.78 is 0. The lowest BCUT2D eigenvalue weighted by molar-refractivity contribution is -0.143. The van der Waals surface area contributed by atoms with E-state index in [0.29, 0.717) is 24.4 Å². The van der Waals surface area contributed by atoms with Crippen molar-refractivity contribution in [3.8, 4) is 0 Å². The number of hydrogen-bond acceptors (Lipinski definition) is 2. The molecule has 0 spiro atoms. The van der Waals surface area contributed by atoms with Gasteiger partial charge in [-0.1, -0.05) is 41.9 Å². The van der Waals surface area contributed by atoms with Crippen molar-refractivity contribution in [3.05, 3.63) is 47.0 Å². The van der Waals surface area contributed by atoms with E-state index in [0.717, 1.165) is 16.3 Å². The molecule has 25 heavy (non-hydrogen) atoms. The number of carbonyl (C=O) groups excluding carboxylic acids is 1. The third-order valence-electron chi connectivity index (χ3n) is 4.77. The maximum absolute atomic E-state index is 12.5. The summed E-state index contributed by atoms with van der Waals surface area (Å²) >= 11 is 6.26. The Morgan fingerprint density at radius 3 is 2.68 bits per heavy atom. The minimum absolute atomic E-state index is 0.208. The number of fused-ring (bicyclic) bond motifs is 1. The van der Waals surface area contributed by atoms with Crippen molar-refractivity contribution in [1.29, 1.82) is 0 Å². The number of likely N-dealkylation sites (tertiary alicyclic amines) is 1. The summed E-state index contributed by atoms with van der Waals surface area (Å²) in [6, 6.07) is 11.1.